The topological polar surface area (TPSA) is 18.5 Å². The lowest BCUT2D eigenvalue weighted by Gasteiger charge is -2.00. The summed E-state index contributed by atoms with van der Waals surface area (Å²) >= 11 is 10.6. The monoisotopic (exact) mass is 200 g/mol. The first kappa shape index (κ1) is 11.5. The second-order valence-electron chi connectivity index (χ2n) is 2.10. The van der Waals surface area contributed by atoms with Crippen molar-refractivity contribution in [3.8, 4) is 0 Å². The van der Waals surface area contributed by atoms with Crippen LogP contribution in [0.5, 0.6) is 0 Å². The minimum atomic E-state index is 0.290. The fraction of sp³-hybridized carbons (Fsp3) is 1.00. The summed E-state index contributed by atoms with van der Waals surface area (Å²) in [7, 11) is 0. The molecule has 0 fully saturated rings. The lowest BCUT2D eigenvalue weighted by Crippen LogP contribution is -1.95. The molecule has 0 aliphatic heterocycles. The molecule has 0 bridgehead atoms. The van der Waals surface area contributed by atoms with Gasteiger partial charge in [0.2, 0.25) is 0 Å². The molecule has 0 unspecified atom stereocenters. The molecule has 0 saturated heterocycles. The van der Waals surface area contributed by atoms with E-state index in [0.717, 1.165) is 32.5 Å². The zero-order valence-electron chi connectivity index (χ0n) is 6.52. The van der Waals surface area contributed by atoms with Gasteiger partial charge in [-0.1, -0.05) is 23.2 Å². The summed E-state index contributed by atoms with van der Waals surface area (Å²) < 4.78 is 9.88. The fourth-order valence-electron chi connectivity index (χ4n) is 0.694. The molecule has 0 heterocycles. The van der Waals surface area contributed by atoms with E-state index < -0.39 is 0 Å². The summed E-state index contributed by atoms with van der Waals surface area (Å²) in [6.45, 7) is 1.48. The number of hydrogen-bond donors (Lipinski definition) is 0. The van der Waals surface area contributed by atoms with Crippen LogP contribution in [-0.4, -0.2) is 25.3 Å². The Labute approximate surface area is 77.8 Å². The molecule has 0 aromatic heterocycles. The minimum absolute atomic E-state index is 0.290. The first-order valence-electron chi connectivity index (χ1n) is 3.69. The molecular formula is C7H14Cl2O2. The van der Waals surface area contributed by atoms with Gasteiger partial charge in [0.25, 0.3) is 0 Å². The summed E-state index contributed by atoms with van der Waals surface area (Å²) in [4.78, 5) is 0. The van der Waals surface area contributed by atoms with Gasteiger partial charge in [0.15, 0.2) is 0 Å². The highest BCUT2D eigenvalue weighted by molar-refractivity contribution is 6.17. The summed E-state index contributed by atoms with van der Waals surface area (Å²) in [5.74, 6) is 0. The first-order chi connectivity index (χ1) is 5.41. The van der Waals surface area contributed by atoms with Crippen molar-refractivity contribution in [2.24, 2.45) is 0 Å². The van der Waals surface area contributed by atoms with E-state index in [4.69, 9.17) is 32.7 Å². The SMILES string of the molecule is ClCOCCCCCOCCl. The van der Waals surface area contributed by atoms with Gasteiger partial charge < -0.3 is 9.47 Å². The number of unbranched alkanes of at least 4 members (excludes halogenated alkanes) is 2. The standard InChI is InChI=1S/C7H14Cl2O2/c8-6-10-4-2-1-3-5-11-7-9/h1-7H2. The van der Waals surface area contributed by atoms with E-state index >= 15 is 0 Å². The highest BCUT2D eigenvalue weighted by Crippen LogP contribution is 1.97. The average molecular weight is 201 g/mol. The van der Waals surface area contributed by atoms with Crippen LogP contribution in [0.25, 0.3) is 0 Å². The lowest BCUT2D eigenvalue weighted by atomic mass is 10.2. The highest BCUT2D eigenvalue weighted by Gasteiger charge is 1.89. The zero-order valence-corrected chi connectivity index (χ0v) is 8.03. The van der Waals surface area contributed by atoms with Crippen molar-refractivity contribution in [2.75, 3.05) is 25.3 Å². The molecule has 0 atom stereocenters. The molecule has 0 radical (unpaired) electrons. The highest BCUT2D eigenvalue weighted by atomic mass is 35.5. The molecule has 68 valence electrons. The van der Waals surface area contributed by atoms with Gasteiger partial charge >= 0.3 is 0 Å². The molecule has 0 amide bonds. The van der Waals surface area contributed by atoms with Crippen LogP contribution < -0.4 is 0 Å². The van der Waals surface area contributed by atoms with Crippen LogP contribution in [-0.2, 0) is 9.47 Å². The Balaban J connectivity index is 2.69. The van der Waals surface area contributed by atoms with Crippen LogP contribution in [0.15, 0.2) is 0 Å². The van der Waals surface area contributed by atoms with Crippen LogP contribution in [0.2, 0.25) is 0 Å². The number of alkyl halides is 2. The third kappa shape index (κ3) is 10.5. The fourth-order valence-corrected chi connectivity index (χ4v) is 0.912. The maximum atomic E-state index is 5.30. The average Bonchev–Trinajstić information content (AvgIpc) is 2.03. The Morgan fingerprint density at radius 1 is 0.727 bits per heavy atom. The van der Waals surface area contributed by atoms with Crippen molar-refractivity contribution in [3.63, 3.8) is 0 Å². The Morgan fingerprint density at radius 2 is 1.18 bits per heavy atom. The van der Waals surface area contributed by atoms with Crippen LogP contribution in [0.1, 0.15) is 19.3 Å². The maximum Gasteiger partial charge on any atom is 0.120 e. The van der Waals surface area contributed by atoms with Crippen molar-refractivity contribution in [1.29, 1.82) is 0 Å². The van der Waals surface area contributed by atoms with Crippen LogP contribution in [0.3, 0.4) is 0 Å². The number of rotatable bonds is 8. The van der Waals surface area contributed by atoms with Crippen LogP contribution >= 0.6 is 23.2 Å². The van der Waals surface area contributed by atoms with Crippen molar-refractivity contribution < 1.29 is 9.47 Å². The molecule has 0 aromatic carbocycles. The second-order valence-corrected chi connectivity index (χ2v) is 2.53. The molecule has 0 saturated carbocycles. The van der Waals surface area contributed by atoms with E-state index in [2.05, 4.69) is 0 Å². The maximum absolute atomic E-state index is 5.30. The van der Waals surface area contributed by atoms with Crippen LogP contribution in [0.4, 0.5) is 0 Å². The molecule has 0 aliphatic carbocycles. The van der Waals surface area contributed by atoms with E-state index in [1.54, 1.807) is 0 Å². The molecule has 4 heteroatoms. The zero-order chi connectivity index (χ0) is 8.36. The summed E-state index contributed by atoms with van der Waals surface area (Å²) in [6.07, 6.45) is 3.19. The third-order valence-electron chi connectivity index (χ3n) is 1.23. The predicted octanol–water partition coefficient (Wildman–Crippen LogP) is 2.58. The van der Waals surface area contributed by atoms with Crippen molar-refractivity contribution >= 4 is 23.2 Å². The predicted molar refractivity (Wildman–Crippen MR) is 47.2 cm³/mol. The minimum Gasteiger partial charge on any atom is -0.366 e. The van der Waals surface area contributed by atoms with Gasteiger partial charge in [-0.25, -0.2) is 0 Å². The van der Waals surface area contributed by atoms with E-state index in [0.29, 0.717) is 0 Å². The summed E-state index contributed by atoms with van der Waals surface area (Å²) in [5, 5.41) is 0. The Bertz CT molecular complexity index is 63.5. The molecule has 11 heavy (non-hydrogen) atoms. The first-order valence-corrected chi connectivity index (χ1v) is 4.76. The molecule has 0 rings (SSSR count). The summed E-state index contributed by atoms with van der Waals surface area (Å²) in [6, 6.07) is 0.580. The molecule has 0 aliphatic rings. The van der Waals surface area contributed by atoms with E-state index in [-0.39, 0.29) is 12.1 Å². The quantitative estimate of drug-likeness (QED) is 0.443. The normalized spacial score (nSPS) is 10.4. The number of hydrogen-bond acceptors (Lipinski definition) is 2. The van der Waals surface area contributed by atoms with Gasteiger partial charge in [-0.05, 0) is 19.3 Å². The smallest absolute Gasteiger partial charge is 0.120 e. The Hall–Kier alpha value is 0.500. The Kier molecular flexibility index (Phi) is 11.0. The largest absolute Gasteiger partial charge is 0.366 e. The lowest BCUT2D eigenvalue weighted by molar-refractivity contribution is 0.155. The Morgan fingerprint density at radius 3 is 1.55 bits per heavy atom. The number of halogens is 2. The number of ether oxygens (including phenoxy) is 2. The van der Waals surface area contributed by atoms with Crippen molar-refractivity contribution in [1.82, 2.24) is 0 Å². The molecule has 2 nitrogen and oxygen atoms in total. The summed E-state index contributed by atoms with van der Waals surface area (Å²) in [5.41, 5.74) is 0. The molecular weight excluding hydrogens is 187 g/mol. The van der Waals surface area contributed by atoms with Gasteiger partial charge in [0, 0.05) is 13.2 Å². The van der Waals surface area contributed by atoms with Gasteiger partial charge in [-0.3, -0.25) is 0 Å². The molecule has 0 N–H and O–H groups in total. The van der Waals surface area contributed by atoms with E-state index in [1.807, 2.05) is 0 Å². The third-order valence-corrected chi connectivity index (χ3v) is 1.54. The van der Waals surface area contributed by atoms with Crippen LogP contribution in [0, 0.1) is 0 Å². The van der Waals surface area contributed by atoms with Gasteiger partial charge in [0.1, 0.15) is 12.1 Å². The van der Waals surface area contributed by atoms with E-state index in [1.165, 1.54) is 0 Å². The van der Waals surface area contributed by atoms with Gasteiger partial charge in [-0.15, -0.1) is 0 Å². The second kappa shape index (κ2) is 10.5. The van der Waals surface area contributed by atoms with E-state index in [9.17, 15) is 0 Å². The van der Waals surface area contributed by atoms with Crippen molar-refractivity contribution in [2.45, 2.75) is 19.3 Å². The van der Waals surface area contributed by atoms with Crippen molar-refractivity contribution in [3.05, 3.63) is 0 Å². The van der Waals surface area contributed by atoms with Gasteiger partial charge in [-0.2, -0.15) is 0 Å². The van der Waals surface area contributed by atoms with Gasteiger partial charge in [0.05, 0.1) is 0 Å². The molecule has 0 spiro atoms. The molecule has 0 aromatic rings.